The highest BCUT2D eigenvalue weighted by Gasteiger charge is 2.54. The minimum atomic E-state index is -0.672. The van der Waals surface area contributed by atoms with Crippen molar-refractivity contribution in [2.24, 2.45) is 5.73 Å². The first-order valence-corrected chi connectivity index (χ1v) is 11.1. The Morgan fingerprint density at radius 3 is 2.69 bits per heavy atom. The fraction of sp³-hybridized carbons (Fsp3) is 0.278. The maximum absolute atomic E-state index is 12.8. The number of benzene rings is 1. The molecule has 0 aliphatic carbocycles. The van der Waals surface area contributed by atoms with Crippen molar-refractivity contribution in [3.05, 3.63) is 51.6 Å². The largest absolute Gasteiger partial charge is 0.341 e. The zero-order chi connectivity index (χ0) is 20.5. The highest BCUT2D eigenvalue weighted by Crippen LogP contribution is 2.44. The molecule has 150 valence electrons. The lowest BCUT2D eigenvalue weighted by molar-refractivity contribution is -0.146. The van der Waals surface area contributed by atoms with E-state index < -0.39 is 11.2 Å². The smallest absolute Gasteiger partial charge is 0.253 e. The van der Waals surface area contributed by atoms with Crippen molar-refractivity contribution in [2.45, 2.75) is 24.4 Å². The summed E-state index contributed by atoms with van der Waals surface area (Å²) < 4.78 is 0. The number of thioether (sulfide) groups is 1. The number of thiol groups is 1. The van der Waals surface area contributed by atoms with Gasteiger partial charge in [0.1, 0.15) is 27.1 Å². The Bertz CT molecular complexity index is 1010. The molecule has 2 aliphatic rings. The molecule has 1 fully saturated rings. The highest BCUT2D eigenvalue weighted by atomic mass is 32.2. The molecular weight excluding hydrogens is 430 g/mol. The summed E-state index contributed by atoms with van der Waals surface area (Å²) in [5.74, 6) is -0.109. The van der Waals surface area contributed by atoms with Crippen LogP contribution in [0.25, 0.3) is 5.57 Å². The van der Waals surface area contributed by atoms with Crippen molar-refractivity contribution >= 4 is 58.2 Å². The molecule has 4 rings (SSSR count). The number of nitrogens with zero attached hydrogens (tertiary/aromatic N) is 3. The van der Waals surface area contributed by atoms with Gasteiger partial charge in [-0.2, -0.15) is 0 Å². The van der Waals surface area contributed by atoms with Crippen molar-refractivity contribution in [1.29, 1.82) is 0 Å². The normalized spacial score (nSPS) is 20.9. The molecule has 1 saturated heterocycles. The van der Waals surface area contributed by atoms with E-state index in [-0.39, 0.29) is 35.9 Å². The maximum Gasteiger partial charge on any atom is 0.253 e. The van der Waals surface area contributed by atoms with Gasteiger partial charge in [-0.15, -0.1) is 22.0 Å². The van der Waals surface area contributed by atoms with Crippen molar-refractivity contribution in [1.82, 2.24) is 20.4 Å². The third-order valence-corrected chi connectivity index (χ3v) is 7.09. The summed E-state index contributed by atoms with van der Waals surface area (Å²) in [4.78, 5) is 38.7. The van der Waals surface area contributed by atoms with Crippen LogP contribution in [-0.2, 0) is 27.3 Å². The Hall–Kier alpha value is -2.21. The van der Waals surface area contributed by atoms with E-state index in [0.717, 1.165) is 5.56 Å². The van der Waals surface area contributed by atoms with Crippen LogP contribution in [0.2, 0.25) is 0 Å². The number of hydrogen-bond donors (Lipinski definition) is 3. The van der Waals surface area contributed by atoms with Gasteiger partial charge in [0, 0.05) is 17.9 Å². The first kappa shape index (κ1) is 20.1. The molecule has 3 N–H and O–H groups in total. The van der Waals surface area contributed by atoms with E-state index in [1.54, 1.807) is 0 Å². The molecule has 29 heavy (non-hydrogen) atoms. The lowest BCUT2D eigenvalue weighted by Gasteiger charge is -2.49. The van der Waals surface area contributed by atoms with Crippen LogP contribution in [0.5, 0.6) is 0 Å². The Kier molecular flexibility index (Phi) is 5.72. The molecule has 0 radical (unpaired) electrons. The molecule has 0 bridgehead atoms. The molecule has 2 amide bonds. The Balaban J connectivity index is 1.52. The molecule has 3 heterocycles. The number of β-lactam (4-membered cyclic amide) rings is 1. The standard InChI is InChI=1S/C18H17N5O3S3/c19-7-12-21-22-15(29-12)10-8-28-17-13(16(25)23(17)14(10)18(26)27)20-11(24)6-9-4-2-1-3-5-9/h1-5,13,17H,6-8,19H2,(H,20,24)(H,26,27)/t13-,17-/m1/s1. The predicted octanol–water partition coefficient (Wildman–Crippen LogP) is 0.807. The summed E-state index contributed by atoms with van der Waals surface area (Å²) in [5.41, 5.74) is 7.28. The Morgan fingerprint density at radius 2 is 2.03 bits per heavy atom. The molecule has 8 nitrogen and oxygen atoms in total. The van der Waals surface area contributed by atoms with Crippen molar-refractivity contribution in [3.8, 4) is 0 Å². The summed E-state index contributed by atoms with van der Waals surface area (Å²) in [6.07, 6.45) is 0.189. The summed E-state index contributed by atoms with van der Waals surface area (Å²) >= 11 is 6.72. The fourth-order valence-electron chi connectivity index (χ4n) is 3.25. The van der Waals surface area contributed by atoms with E-state index in [9.17, 15) is 14.4 Å². The van der Waals surface area contributed by atoms with E-state index in [0.29, 0.717) is 21.3 Å². The average molecular weight is 448 g/mol. The Labute approximate surface area is 180 Å². The Morgan fingerprint density at radius 1 is 1.28 bits per heavy atom. The second-order valence-corrected chi connectivity index (χ2v) is 9.03. The zero-order valence-corrected chi connectivity index (χ0v) is 17.6. The van der Waals surface area contributed by atoms with Gasteiger partial charge in [-0.1, -0.05) is 54.3 Å². The maximum atomic E-state index is 12.8. The van der Waals surface area contributed by atoms with Gasteiger partial charge in [0.05, 0.1) is 6.42 Å². The molecule has 0 spiro atoms. The minimum absolute atomic E-state index is 0.189. The number of nitrogens with one attached hydrogen (secondary N) is 1. The summed E-state index contributed by atoms with van der Waals surface area (Å²) in [7, 11) is 0. The molecule has 1 aromatic carbocycles. The molecule has 2 aromatic rings. The lowest BCUT2D eigenvalue weighted by Crippen LogP contribution is -2.70. The topological polar surface area (TPSA) is 118 Å². The van der Waals surface area contributed by atoms with Gasteiger partial charge in [-0.25, -0.2) is 0 Å². The summed E-state index contributed by atoms with van der Waals surface area (Å²) in [6.45, 7) is 0.253. The van der Waals surface area contributed by atoms with Crippen LogP contribution in [0.1, 0.15) is 15.6 Å². The van der Waals surface area contributed by atoms with E-state index in [4.69, 9.17) is 5.73 Å². The molecule has 0 unspecified atom stereocenters. The number of amides is 2. The highest BCUT2D eigenvalue weighted by molar-refractivity contribution is 8.00. The third-order valence-electron chi connectivity index (χ3n) is 4.59. The molecule has 11 heteroatoms. The number of nitrogens with two attached hydrogens (primary N) is 1. The van der Waals surface area contributed by atoms with E-state index in [2.05, 4.69) is 28.1 Å². The van der Waals surface area contributed by atoms with Gasteiger partial charge in [-0.3, -0.25) is 19.3 Å². The second-order valence-electron chi connectivity index (χ2n) is 6.45. The van der Waals surface area contributed by atoms with Crippen LogP contribution >= 0.6 is 35.7 Å². The average Bonchev–Trinajstić information content (AvgIpc) is 3.20. The van der Waals surface area contributed by atoms with Crippen LogP contribution < -0.4 is 11.1 Å². The van der Waals surface area contributed by atoms with Crippen LogP contribution in [0.4, 0.5) is 0 Å². The van der Waals surface area contributed by atoms with Gasteiger partial charge >= 0.3 is 0 Å². The number of carbonyl (C=O) groups excluding carboxylic acids is 3. The number of aromatic nitrogens is 2. The molecular formula is C18H17N5O3S3. The van der Waals surface area contributed by atoms with E-state index >= 15 is 0 Å². The SMILES string of the molecule is NCc1nnc(C2=C(C(=O)S)N3C(=O)[C@@H](NC(=O)Cc4ccccc4)[C@H]3SC2)s1. The molecule has 0 saturated carbocycles. The van der Waals surface area contributed by atoms with Crippen LogP contribution in [0, 0.1) is 0 Å². The number of rotatable bonds is 6. The van der Waals surface area contributed by atoms with Crippen LogP contribution in [0.3, 0.4) is 0 Å². The van der Waals surface area contributed by atoms with E-state index in [1.165, 1.54) is 28.0 Å². The number of fused-ring (bicyclic) bond motifs is 1. The molecule has 2 aliphatic heterocycles. The lowest BCUT2D eigenvalue weighted by atomic mass is 10.0. The van der Waals surface area contributed by atoms with Gasteiger partial charge in [0.2, 0.25) is 11.0 Å². The minimum Gasteiger partial charge on any atom is -0.341 e. The summed E-state index contributed by atoms with van der Waals surface area (Å²) in [5, 5.41) is 11.2. The first-order chi connectivity index (χ1) is 14.0. The predicted molar refractivity (Wildman–Crippen MR) is 114 cm³/mol. The van der Waals surface area contributed by atoms with Crippen molar-refractivity contribution in [3.63, 3.8) is 0 Å². The first-order valence-electron chi connectivity index (χ1n) is 8.77. The van der Waals surface area contributed by atoms with Crippen LogP contribution in [0.15, 0.2) is 36.0 Å². The quantitative estimate of drug-likeness (QED) is 0.443. The van der Waals surface area contributed by atoms with Crippen LogP contribution in [-0.4, -0.2) is 49.2 Å². The number of hydrogen-bond acceptors (Lipinski definition) is 8. The summed E-state index contributed by atoms with van der Waals surface area (Å²) in [6, 6.07) is 8.63. The van der Waals surface area contributed by atoms with Crippen molar-refractivity contribution < 1.29 is 14.4 Å². The van der Waals surface area contributed by atoms with Crippen molar-refractivity contribution in [2.75, 3.05) is 5.75 Å². The van der Waals surface area contributed by atoms with E-state index in [1.807, 2.05) is 30.3 Å². The van der Waals surface area contributed by atoms with Gasteiger partial charge < -0.3 is 11.1 Å². The number of carbonyl (C=O) groups is 3. The molecule has 1 aromatic heterocycles. The van der Waals surface area contributed by atoms with Gasteiger partial charge in [0.15, 0.2) is 0 Å². The van der Waals surface area contributed by atoms with Gasteiger partial charge in [-0.05, 0) is 5.56 Å². The monoisotopic (exact) mass is 447 g/mol. The zero-order valence-electron chi connectivity index (χ0n) is 15.1. The van der Waals surface area contributed by atoms with Gasteiger partial charge in [0.25, 0.3) is 5.91 Å². The molecule has 2 atom stereocenters. The fourth-order valence-corrected chi connectivity index (χ4v) is 5.69. The second kappa shape index (κ2) is 8.27. The third kappa shape index (κ3) is 3.82.